The Morgan fingerprint density at radius 1 is 1.26 bits per heavy atom. The van der Waals surface area contributed by atoms with Crippen molar-refractivity contribution < 1.29 is 4.79 Å². The Hall–Kier alpha value is -0.940. The number of rotatable bonds is 4. The zero-order valence-corrected chi connectivity index (χ0v) is 12.4. The van der Waals surface area contributed by atoms with Crippen LogP contribution in [-0.4, -0.2) is 48.4 Å². The maximum Gasteiger partial charge on any atom is 0.186 e. The molecule has 4 nitrogen and oxygen atoms in total. The first-order valence-corrected chi connectivity index (χ1v) is 7.95. The average molecular weight is 279 g/mol. The lowest BCUT2D eigenvalue weighted by Gasteiger charge is -2.34. The fourth-order valence-corrected chi connectivity index (χ4v) is 3.77. The van der Waals surface area contributed by atoms with Crippen molar-refractivity contribution in [3.05, 3.63) is 10.6 Å². The van der Waals surface area contributed by atoms with Crippen LogP contribution in [0.3, 0.4) is 0 Å². The summed E-state index contributed by atoms with van der Waals surface area (Å²) >= 11 is 1.55. The fraction of sp³-hybridized carbons (Fsp3) is 0.714. The fourth-order valence-electron chi connectivity index (χ4n) is 2.68. The minimum atomic E-state index is 0.318. The van der Waals surface area contributed by atoms with Gasteiger partial charge in [-0.15, -0.1) is 0 Å². The third kappa shape index (κ3) is 2.67. The molecule has 1 aromatic heterocycles. The van der Waals surface area contributed by atoms with Crippen LogP contribution in [0, 0.1) is 0 Å². The molecule has 0 radical (unpaired) electrons. The van der Waals surface area contributed by atoms with E-state index >= 15 is 0 Å². The summed E-state index contributed by atoms with van der Waals surface area (Å²) in [5.41, 5.74) is 0.958. The molecular formula is C14H21N3OS. The number of piperazine rings is 1. The van der Waals surface area contributed by atoms with Crippen LogP contribution in [0.5, 0.6) is 0 Å². The van der Waals surface area contributed by atoms with Crippen LogP contribution in [0.1, 0.15) is 48.0 Å². The van der Waals surface area contributed by atoms with Gasteiger partial charge < -0.3 is 4.90 Å². The molecule has 0 bridgehead atoms. The van der Waals surface area contributed by atoms with Crippen molar-refractivity contribution in [2.24, 2.45) is 0 Å². The molecule has 2 aliphatic rings. The zero-order chi connectivity index (χ0) is 13.4. The molecule has 19 heavy (non-hydrogen) atoms. The molecule has 5 heteroatoms. The van der Waals surface area contributed by atoms with Crippen LogP contribution in [0.15, 0.2) is 0 Å². The van der Waals surface area contributed by atoms with Crippen LogP contribution < -0.4 is 4.90 Å². The van der Waals surface area contributed by atoms with E-state index in [1.54, 1.807) is 11.3 Å². The minimum absolute atomic E-state index is 0.318. The topological polar surface area (TPSA) is 36.4 Å². The SMILES string of the molecule is CC(C)c1nc(N2CCN(C3CC3)CC2)sc1C=O. The Labute approximate surface area is 118 Å². The summed E-state index contributed by atoms with van der Waals surface area (Å²) < 4.78 is 0. The third-order valence-electron chi connectivity index (χ3n) is 3.97. The molecule has 1 saturated carbocycles. The second kappa shape index (κ2) is 5.21. The number of hydrogen-bond acceptors (Lipinski definition) is 5. The predicted octanol–water partition coefficient (Wildman–Crippen LogP) is 2.36. The van der Waals surface area contributed by atoms with Gasteiger partial charge in [-0.05, 0) is 18.8 Å². The van der Waals surface area contributed by atoms with Gasteiger partial charge in [0.15, 0.2) is 11.4 Å². The lowest BCUT2D eigenvalue weighted by Crippen LogP contribution is -2.47. The molecule has 104 valence electrons. The average Bonchev–Trinajstić information content (AvgIpc) is 3.17. The van der Waals surface area contributed by atoms with E-state index in [4.69, 9.17) is 0 Å². The van der Waals surface area contributed by atoms with Gasteiger partial charge in [0.2, 0.25) is 0 Å². The van der Waals surface area contributed by atoms with Crippen LogP contribution in [-0.2, 0) is 0 Å². The van der Waals surface area contributed by atoms with E-state index < -0.39 is 0 Å². The molecule has 0 spiro atoms. The molecular weight excluding hydrogens is 258 g/mol. The number of anilines is 1. The zero-order valence-electron chi connectivity index (χ0n) is 11.6. The third-order valence-corrected chi connectivity index (χ3v) is 5.03. The first-order valence-electron chi connectivity index (χ1n) is 7.14. The van der Waals surface area contributed by atoms with Gasteiger partial charge in [-0.25, -0.2) is 4.98 Å². The van der Waals surface area contributed by atoms with Crippen molar-refractivity contribution in [1.82, 2.24) is 9.88 Å². The van der Waals surface area contributed by atoms with Crippen molar-refractivity contribution in [2.45, 2.75) is 38.6 Å². The Kier molecular flexibility index (Phi) is 3.58. The van der Waals surface area contributed by atoms with E-state index in [0.29, 0.717) is 5.92 Å². The molecule has 0 unspecified atom stereocenters. The number of carbonyl (C=O) groups is 1. The molecule has 0 atom stereocenters. The lowest BCUT2D eigenvalue weighted by atomic mass is 10.1. The predicted molar refractivity (Wildman–Crippen MR) is 78.4 cm³/mol. The van der Waals surface area contributed by atoms with Crippen molar-refractivity contribution in [3.63, 3.8) is 0 Å². The van der Waals surface area contributed by atoms with E-state index in [9.17, 15) is 4.79 Å². The molecule has 3 rings (SSSR count). The Bertz CT molecular complexity index is 459. The monoisotopic (exact) mass is 279 g/mol. The standard InChI is InChI=1S/C14H21N3OS/c1-10(2)13-12(9-18)19-14(15-13)17-7-5-16(6-8-17)11-3-4-11/h9-11H,3-8H2,1-2H3. The van der Waals surface area contributed by atoms with Crippen LogP contribution in [0.25, 0.3) is 0 Å². The second-order valence-corrected chi connectivity index (χ2v) is 6.78. The molecule has 1 aliphatic heterocycles. The molecule has 1 aromatic rings. The highest BCUT2D eigenvalue weighted by atomic mass is 32.1. The number of aldehydes is 1. The van der Waals surface area contributed by atoms with E-state index in [2.05, 4.69) is 28.6 Å². The van der Waals surface area contributed by atoms with Gasteiger partial charge in [-0.3, -0.25) is 9.69 Å². The van der Waals surface area contributed by atoms with E-state index in [1.165, 1.54) is 12.8 Å². The van der Waals surface area contributed by atoms with E-state index in [1.807, 2.05) is 0 Å². The maximum absolute atomic E-state index is 11.1. The smallest absolute Gasteiger partial charge is 0.186 e. The number of nitrogens with zero attached hydrogens (tertiary/aromatic N) is 3. The molecule has 1 saturated heterocycles. The number of hydrogen-bond donors (Lipinski definition) is 0. The Morgan fingerprint density at radius 3 is 2.42 bits per heavy atom. The number of thiazole rings is 1. The number of aromatic nitrogens is 1. The van der Waals surface area contributed by atoms with Gasteiger partial charge in [0.1, 0.15) is 0 Å². The molecule has 0 N–H and O–H groups in total. The summed E-state index contributed by atoms with van der Waals surface area (Å²) in [5.74, 6) is 0.318. The van der Waals surface area contributed by atoms with Gasteiger partial charge in [0.05, 0.1) is 10.6 Å². The molecule has 1 aliphatic carbocycles. The van der Waals surface area contributed by atoms with Crippen molar-refractivity contribution in [3.8, 4) is 0 Å². The number of carbonyl (C=O) groups excluding carboxylic acids is 1. The van der Waals surface area contributed by atoms with Gasteiger partial charge in [0.25, 0.3) is 0 Å². The van der Waals surface area contributed by atoms with E-state index in [-0.39, 0.29) is 0 Å². The highest BCUT2D eigenvalue weighted by Crippen LogP contribution is 2.32. The molecule has 0 aromatic carbocycles. The largest absolute Gasteiger partial charge is 0.346 e. The van der Waals surface area contributed by atoms with Crippen molar-refractivity contribution in [1.29, 1.82) is 0 Å². The quantitative estimate of drug-likeness (QED) is 0.793. The highest BCUT2D eigenvalue weighted by Gasteiger charge is 2.32. The maximum atomic E-state index is 11.1. The van der Waals surface area contributed by atoms with Gasteiger partial charge in [-0.2, -0.15) is 0 Å². The van der Waals surface area contributed by atoms with Crippen LogP contribution in [0.4, 0.5) is 5.13 Å². The lowest BCUT2D eigenvalue weighted by molar-refractivity contribution is 0.112. The first-order chi connectivity index (χ1) is 9.19. The summed E-state index contributed by atoms with van der Waals surface area (Å²) in [5, 5.41) is 1.03. The first kappa shape index (κ1) is 13.1. The normalized spacial score (nSPS) is 21.1. The molecule has 2 heterocycles. The van der Waals surface area contributed by atoms with Gasteiger partial charge in [-0.1, -0.05) is 25.2 Å². The Morgan fingerprint density at radius 2 is 1.95 bits per heavy atom. The Balaban J connectivity index is 1.70. The molecule has 0 amide bonds. The summed E-state index contributed by atoms with van der Waals surface area (Å²) in [4.78, 5) is 21.5. The van der Waals surface area contributed by atoms with Gasteiger partial charge >= 0.3 is 0 Å². The summed E-state index contributed by atoms with van der Waals surface area (Å²) in [7, 11) is 0. The van der Waals surface area contributed by atoms with Crippen LogP contribution >= 0.6 is 11.3 Å². The summed E-state index contributed by atoms with van der Waals surface area (Å²) in [6, 6.07) is 0.857. The molecule has 2 fully saturated rings. The van der Waals surface area contributed by atoms with Crippen molar-refractivity contribution in [2.75, 3.05) is 31.1 Å². The van der Waals surface area contributed by atoms with Crippen LogP contribution in [0.2, 0.25) is 0 Å². The highest BCUT2D eigenvalue weighted by molar-refractivity contribution is 7.17. The van der Waals surface area contributed by atoms with E-state index in [0.717, 1.165) is 54.2 Å². The summed E-state index contributed by atoms with van der Waals surface area (Å²) in [6.07, 6.45) is 3.71. The second-order valence-electron chi connectivity index (χ2n) is 5.77. The minimum Gasteiger partial charge on any atom is -0.346 e. The summed E-state index contributed by atoms with van der Waals surface area (Å²) in [6.45, 7) is 8.54. The van der Waals surface area contributed by atoms with Crippen molar-refractivity contribution >= 4 is 22.8 Å². The van der Waals surface area contributed by atoms with Gasteiger partial charge in [0, 0.05) is 32.2 Å².